The molecular formula is C23H29N5O3. The Labute approximate surface area is 182 Å². The minimum atomic E-state index is -0.123. The van der Waals surface area contributed by atoms with Crippen LogP contribution in [0.15, 0.2) is 30.6 Å². The SMILES string of the molecule is CCC(=O)n1ccc(N2CCOc3cc(C(=O)N(C)CC4CCCC4)cnc32)cc1=N. The van der Waals surface area contributed by atoms with Crippen LogP contribution in [-0.4, -0.2) is 53.0 Å². The van der Waals surface area contributed by atoms with Gasteiger partial charge in [-0.25, -0.2) is 4.98 Å². The molecule has 164 valence electrons. The molecule has 3 heterocycles. The number of fused-ring (bicyclic) bond motifs is 1. The van der Waals surface area contributed by atoms with Crippen LogP contribution < -0.4 is 15.1 Å². The summed E-state index contributed by atoms with van der Waals surface area (Å²) in [5, 5.41) is 8.19. The van der Waals surface area contributed by atoms with Crippen molar-refractivity contribution in [3.8, 4) is 5.75 Å². The topological polar surface area (TPSA) is 91.5 Å². The van der Waals surface area contributed by atoms with E-state index in [-0.39, 0.29) is 17.3 Å². The fraction of sp³-hybridized carbons (Fsp3) is 0.478. The zero-order valence-corrected chi connectivity index (χ0v) is 18.1. The van der Waals surface area contributed by atoms with E-state index in [1.807, 2.05) is 11.9 Å². The standard InChI is InChI=1S/C23H29N5O3/c1-3-21(29)28-9-8-18(13-20(28)24)27-10-11-31-19-12-17(14-25-22(19)27)23(30)26(2)15-16-6-4-5-7-16/h8-9,12-14,16,24H,3-7,10-11,15H2,1-2H3. The molecule has 1 aliphatic carbocycles. The van der Waals surface area contributed by atoms with Gasteiger partial charge in [-0.15, -0.1) is 0 Å². The molecule has 2 aromatic heterocycles. The van der Waals surface area contributed by atoms with Gasteiger partial charge in [-0.05, 0) is 30.9 Å². The Morgan fingerprint density at radius 2 is 2.06 bits per heavy atom. The fourth-order valence-electron chi connectivity index (χ4n) is 4.40. The number of hydrogen-bond acceptors (Lipinski definition) is 6. The second kappa shape index (κ2) is 8.91. The molecule has 0 saturated heterocycles. The van der Waals surface area contributed by atoms with Crippen molar-refractivity contribution < 1.29 is 14.3 Å². The maximum Gasteiger partial charge on any atom is 0.255 e. The first-order valence-electron chi connectivity index (χ1n) is 10.9. The average molecular weight is 424 g/mol. The van der Waals surface area contributed by atoms with Gasteiger partial charge < -0.3 is 14.5 Å². The average Bonchev–Trinajstić information content (AvgIpc) is 3.30. The predicted octanol–water partition coefficient (Wildman–Crippen LogP) is 3.21. The van der Waals surface area contributed by atoms with Gasteiger partial charge in [-0.1, -0.05) is 19.8 Å². The Hall–Kier alpha value is -3.16. The largest absolute Gasteiger partial charge is 0.488 e. The van der Waals surface area contributed by atoms with E-state index in [0.29, 0.717) is 42.6 Å². The van der Waals surface area contributed by atoms with Crippen molar-refractivity contribution in [2.45, 2.75) is 39.0 Å². The van der Waals surface area contributed by atoms with Gasteiger partial charge in [0.2, 0.25) is 5.91 Å². The summed E-state index contributed by atoms with van der Waals surface area (Å²) in [5.74, 6) is 1.59. The lowest BCUT2D eigenvalue weighted by molar-refractivity contribution is 0.0772. The van der Waals surface area contributed by atoms with Crippen LogP contribution in [0.1, 0.15) is 54.2 Å². The summed E-state index contributed by atoms with van der Waals surface area (Å²) < 4.78 is 7.14. The molecule has 4 rings (SSSR count). The van der Waals surface area contributed by atoms with Crippen molar-refractivity contribution in [2.75, 3.05) is 31.6 Å². The summed E-state index contributed by atoms with van der Waals surface area (Å²) in [6.07, 6.45) is 8.44. The number of amides is 1. The third kappa shape index (κ3) is 4.33. The quantitative estimate of drug-likeness (QED) is 0.797. The lowest BCUT2D eigenvalue weighted by Crippen LogP contribution is -2.33. The highest BCUT2D eigenvalue weighted by molar-refractivity contribution is 5.94. The smallest absolute Gasteiger partial charge is 0.255 e. The summed E-state index contributed by atoms with van der Waals surface area (Å²) in [4.78, 5) is 33.1. The van der Waals surface area contributed by atoms with Gasteiger partial charge in [0, 0.05) is 44.2 Å². The molecule has 8 heteroatoms. The van der Waals surface area contributed by atoms with E-state index in [1.54, 1.807) is 42.4 Å². The van der Waals surface area contributed by atoms with E-state index in [1.165, 1.54) is 30.3 Å². The molecular weight excluding hydrogens is 394 g/mol. The van der Waals surface area contributed by atoms with Gasteiger partial charge in [0.25, 0.3) is 5.91 Å². The van der Waals surface area contributed by atoms with E-state index < -0.39 is 0 Å². The zero-order chi connectivity index (χ0) is 22.0. The molecule has 0 bridgehead atoms. The van der Waals surface area contributed by atoms with E-state index in [4.69, 9.17) is 10.1 Å². The molecule has 0 atom stereocenters. The molecule has 1 aliphatic heterocycles. The normalized spacial score (nSPS) is 16.0. The number of hydrogen-bond donors (Lipinski definition) is 1. The van der Waals surface area contributed by atoms with Gasteiger partial charge in [0.05, 0.1) is 12.1 Å². The number of aromatic nitrogens is 2. The van der Waals surface area contributed by atoms with E-state index in [9.17, 15) is 9.59 Å². The van der Waals surface area contributed by atoms with Crippen LogP contribution in [0.3, 0.4) is 0 Å². The Balaban J connectivity index is 1.56. The highest BCUT2D eigenvalue weighted by Gasteiger charge is 2.25. The summed E-state index contributed by atoms with van der Waals surface area (Å²) >= 11 is 0. The third-order valence-corrected chi connectivity index (χ3v) is 6.08. The van der Waals surface area contributed by atoms with Crippen LogP contribution in [0, 0.1) is 11.3 Å². The van der Waals surface area contributed by atoms with Crippen LogP contribution in [0.5, 0.6) is 5.75 Å². The summed E-state index contributed by atoms with van der Waals surface area (Å²) in [6.45, 7) is 3.56. The molecule has 1 fully saturated rings. The van der Waals surface area contributed by atoms with Crippen LogP contribution >= 0.6 is 0 Å². The van der Waals surface area contributed by atoms with Gasteiger partial charge in [-0.2, -0.15) is 0 Å². The van der Waals surface area contributed by atoms with Crippen LogP contribution in [0.2, 0.25) is 0 Å². The van der Waals surface area contributed by atoms with Crippen molar-refractivity contribution in [1.29, 1.82) is 5.41 Å². The fourth-order valence-corrected chi connectivity index (χ4v) is 4.40. The van der Waals surface area contributed by atoms with Crippen LogP contribution in [-0.2, 0) is 0 Å². The number of ether oxygens (including phenoxy) is 1. The second-order valence-corrected chi connectivity index (χ2v) is 8.27. The summed E-state index contributed by atoms with van der Waals surface area (Å²) in [6, 6.07) is 5.21. The van der Waals surface area contributed by atoms with Crippen molar-refractivity contribution in [3.05, 3.63) is 41.6 Å². The highest BCUT2D eigenvalue weighted by atomic mass is 16.5. The van der Waals surface area contributed by atoms with Gasteiger partial charge >= 0.3 is 0 Å². The molecule has 1 N–H and O–H groups in total. The van der Waals surface area contributed by atoms with E-state index >= 15 is 0 Å². The molecule has 8 nitrogen and oxygen atoms in total. The van der Waals surface area contributed by atoms with Gasteiger partial charge in [0.15, 0.2) is 11.6 Å². The molecule has 0 radical (unpaired) electrons. The van der Waals surface area contributed by atoms with Crippen molar-refractivity contribution in [3.63, 3.8) is 0 Å². The van der Waals surface area contributed by atoms with Crippen molar-refractivity contribution >= 4 is 23.3 Å². The predicted molar refractivity (Wildman–Crippen MR) is 117 cm³/mol. The van der Waals surface area contributed by atoms with Crippen LogP contribution in [0.25, 0.3) is 0 Å². The molecule has 1 saturated carbocycles. The third-order valence-electron chi connectivity index (χ3n) is 6.08. The molecule has 31 heavy (non-hydrogen) atoms. The first kappa shape index (κ1) is 21.1. The molecule has 0 spiro atoms. The van der Waals surface area contributed by atoms with Crippen molar-refractivity contribution in [2.24, 2.45) is 5.92 Å². The molecule has 0 aromatic carbocycles. The van der Waals surface area contributed by atoms with E-state index in [2.05, 4.69) is 4.98 Å². The molecule has 2 aliphatic rings. The van der Waals surface area contributed by atoms with Crippen molar-refractivity contribution in [1.82, 2.24) is 14.5 Å². The number of nitrogens with one attached hydrogen (secondary N) is 1. The van der Waals surface area contributed by atoms with Gasteiger partial charge in [0.1, 0.15) is 12.1 Å². The number of anilines is 2. The van der Waals surface area contributed by atoms with E-state index in [0.717, 1.165) is 12.2 Å². The molecule has 1 amide bonds. The second-order valence-electron chi connectivity index (χ2n) is 8.27. The maximum absolute atomic E-state index is 12.9. The number of carbonyl (C=O) groups is 2. The van der Waals surface area contributed by atoms with Crippen LogP contribution in [0.4, 0.5) is 11.5 Å². The highest BCUT2D eigenvalue weighted by Crippen LogP contribution is 2.35. The number of pyridine rings is 2. The lowest BCUT2D eigenvalue weighted by atomic mass is 10.1. The molecule has 0 unspecified atom stereocenters. The number of rotatable bonds is 5. The minimum Gasteiger partial charge on any atom is -0.488 e. The molecule has 2 aromatic rings. The Morgan fingerprint density at radius 1 is 1.29 bits per heavy atom. The number of nitrogens with zero attached hydrogens (tertiary/aromatic N) is 4. The number of carbonyl (C=O) groups excluding carboxylic acids is 2. The van der Waals surface area contributed by atoms with Gasteiger partial charge in [-0.3, -0.25) is 19.6 Å². The lowest BCUT2D eigenvalue weighted by Gasteiger charge is -2.30. The minimum absolute atomic E-state index is 0.0461. The zero-order valence-electron chi connectivity index (χ0n) is 18.1. The Kier molecular flexibility index (Phi) is 6.06. The summed E-state index contributed by atoms with van der Waals surface area (Å²) in [7, 11) is 1.85. The summed E-state index contributed by atoms with van der Waals surface area (Å²) in [5.41, 5.74) is 1.40. The Bertz CT molecular complexity index is 1040. The Morgan fingerprint density at radius 3 is 2.77 bits per heavy atom. The first-order chi connectivity index (χ1) is 15.0. The maximum atomic E-state index is 12.9. The first-order valence-corrected chi connectivity index (χ1v) is 10.9. The monoisotopic (exact) mass is 423 g/mol.